The van der Waals surface area contributed by atoms with E-state index >= 15 is 0 Å². The van der Waals surface area contributed by atoms with Gasteiger partial charge in [-0.25, -0.2) is 0 Å². The summed E-state index contributed by atoms with van der Waals surface area (Å²) in [5.41, 5.74) is 2.43. The van der Waals surface area contributed by atoms with Crippen LogP contribution in [0.15, 0.2) is 4.47 Å². The third-order valence-corrected chi connectivity index (χ3v) is 6.35. The molecule has 1 saturated carbocycles. The van der Waals surface area contributed by atoms with E-state index < -0.39 is 0 Å². The van der Waals surface area contributed by atoms with Gasteiger partial charge in [0.1, 0.15) is 0 Å². The molecule has 20 heavy (non-hydrogen) atoms. The van der Waals surface area contributed by atoms with Crippen molar-refractivity contribution in [1.82, 2.24) is 9.78 Å². The molecular formula is C15H22BrClN2O. The van der Waals surface area contributed by atoms with Crippen molar-refractivity contribution >= 4 is 27.5 Å². The summed E-state index contributed by atoms with van der Waals surface area (Å²) in [7, 11) is 0. The van der Waals surface area contributed by atoms with Crippen LogP contribution in [-0.2, 0) is 17.7 Å². The fourth-order valence-electron chi connectivity index (χ4n) is 3.49. The molecule has 1 aromatic rings. The van der Waals surface area contributed by atoms with E-state index in [0.717, 1.165) is 42.1 Å². The Morgan fingerprint density at radius 3 is 2.85 bits per heavy atom. The molecule has 112 valence electrons. The van der Waals surface area contributed by atoms with E-state index in [1.54, 1.807) is 0 Å². The fourth-order valence-corrected chi connectivity index (χ4v) is 4.30. The summed E-state index contributed by atoms with van der Waals surface area (Å²) >= 11 is 10.1. The average Bonchev–Trinajstić information content (AvgIpc) is 3.16. The van der Waals surface area contributed by atoms with Gasteiger partial charge in [0.05, 0.1) is 22.0 Å². The third kappa shape index (κ3) is 2.44. The monoisotopic (exact) mass is 360 g/mol. The molecule has 3 rings (SSSR count). The van der Waals surface area contributed by atoms with Crippen molar-refractivity contribution in [3.05, 3.63) is 15.9 Å². The molecule has 1 aliphatic heterocycles. The quantitative estimate of drug-likeness (QED) is 0.743. The first-order chi connectivity index (χ1) is 9.61. The SMILES string of the molecule is CCn1nc(C)c(Br)c1CC1(CCl)CCOC1C1CC1. The minimum absolute atomic E-state index is 0.0879. The maximum Gasteiger partial charge on any atom is 0.0738 e. The first kappa shape index (κ1) is 14.9. The highest BCUT2D eigenvalue weighted by Gasteiger charge is 2.51. The first-order valence-electron chi connectivity index (χ1n) is 7.50. The van der Waals surface area contributed by atoms with Crippen molar-refractivity contribution in [2.75, 3.05) is 12.5 Å². The van der Waals surface area contributed by atoms with E-state index in [0.29, 0.717) is 12.0 Å². The summed E-state index contributed by atoms with van der Waals surface area (Å²) in [6.45, 7) is 5.94. The van der Waals surface area contributed by atoms with E-state index in [4.69, 9.17) is 16.3 Å². The first-order valence-corrected chi connectivity index (χ1v) is 8.83. The van der Waals surface area contributed by atoms with E-state index in [1.807, 2.05) is 0 Å². The predicted octanol–water partition coefficient (Wildman–Crippen LogP) is 3.94. The van der Waals surface area contributed by atoms with Crippen molar-refractivity contribution in [3.8, 4) is 0 Å². The summed E-state index contributed by atoms with van der Waals surface area (Å²) in [6.07, 6.45) is 4.98. The van der Waals surface area contributed by atoms with Crippen LogP contribution in [0, 0.1) is 18.3 Å². The molecule has 0 spiro atoms. The van der Waals surface area contributed by atoms with Crippen LogP contribution in [0.1, 0.15) is 37.6 Å². The molecule has 2 heterocycles. The lowest BCUT2D eigenvalue weighted by atomic mass is 9.77. The number of hydrogen-bond acceptors (Lipinski definition) is 2. The lowest BCUT2D eigenvalue weighted by Gasteiger charge is -2.32. The topological polar surface area (TPSA) is 27.1 Å². The van der Waals surface area contributed by atoms with Gasteiger partial charge in [-0.3, -0.25) is 4.68 Å². The second kappa shape index (κ2) is 5.62. The smallest absolute Gasteiger partial charge is 0.0738 e. The van der Waals surface area contributed by atoms with Gasteiger partial charge in [0, 0.05) is 24.4 Å². The standard InChI is InChI=1S/C15H22BrClN2O/c1-3-19-12(13(16)10(2)18-19)8-15(9-17)6-7-20-14(15)11-4-5-11/h11,14H,3-9H2,1-2H3. The Kier molecular flexibility index (Phi) is 4.17. The van der Waals surface area contributed by atoms with Gasteiger partial charge in [-0.1, -0.05) is 0 Å². The summed E-state index contributed by atoms with van der Waals surface area (Å²) in [4.78, 5) is 0. The van der Waals surface area contributed by atoms with Gasteiger partial charge in [0.2, 0.25) is 0 Å². The molecule has 0 bridgehead atoms. The van der Waals surface area contributed by atoms with Crippen LogP contribution in [0.2, 0.25) is 0 Å². The zero-order valence-electron chi connectivity index (χ0n) is 12.2. The predicted molar refractivity (Wildman–Crippen MR) is 84.3 cm³/mol. The number of aromatic nitrogens is 2. The Morgan fingerprint density at radius 2 is 2.25 bits per heavy atom. The van der Waals surface area contributed by atoms with E-state index in [9.17, 15) is 0 Å². The van der Waals surface area contributed by atoms with E-state index in [2.05, 4.69) is 39.6 Å². The van der Waals surface area contributed by atoms with Crippen LogP contribution in [0.5, 0.6) is 0 Å². The van der Waals surface area contributed by atoms with Crippen molar-refractivity contribution in [2.45, 2.75) is 52.2 Å². The van der Waals surface area contributed by atoms with Gasteiger partial charge in [0.25, 0.3) is 0 Å². The number of alkyl halides is 1. The Labute approximate surface area is 134 Å². The number of ether oxygens (including phenoxy) is 1. The fraction of sp³-hybridized carbons (Fsp3) is 0.800. The number of hydrogen-bond donors (Lipinski definition) is 0. The van der Waals surface area contributed by atoms with Gasteiger partial charge >= 0.3 is 0 Å². The number of aryl methyl sites for hydroxylation is 2. The molecule has 1 aliphatic carbocycles. The number of halogens is 2. The van der Waals surface area contributed by atoms with Gasteiger partial charge in [-0.2, -0.15) is 5.10 Å². The van der Waals surface area contributed by atoms with Gasteiger partial charge in [-0.15, -0.1) is 11.6 Å². The molecule has 0 N–H and O–H groups in total. The van der Waals surface area contributed by atoms with Crippen molar-refractivity contribution < 1.29 is 4.74 Å². The molecule has 2 atom stereocenters. The normalized spacial score (nSPS) is 30.1. The van der Waals surface area contributed by atoms with Crippen LogP contribution in [0.3, 0.4) is 0 Å². The summed E-state index contributed by atoms with van der Waals surface area (Å²) in [5, 5.41) is 4.61. The molecule has 0 amide bonds. The van der Waals surface area contributed by atoms with Crippen LogP contribution < -0.4 is 0 Å². The van der Waals surface area contributed by atoms with Crippen LogP contribution in [-0.4, -0.2) is 28.4 Å². The van der Waals surface area contributed by atoms with Crippen LogP contribution >= 0.6 is 27.5 Å². The van der Waals surface area contributed by atoms with E-state index in [1.165, 1.54) is 18.5 Å². The van der Waals surface area contributed by atoms with Crippen LogP contribution in [0.25, 0.3) is 0 Å². The lowest BCUT2D eigenvalue weighted by Crippen LogP contribution is -2.37. The Morgan fingerprint density at radius 1 is 1.50 bits per heavy atom. The van der Waals surface area contributed by atoms with Crippen LogP contribution in [0.4, 0.5) is 0 Å². The molecule has 5 heteroatoms. The minimum Gasteiger partial charge on any atom is -0.377 e. The highest BCUT2D eigenvalue weighted by atomic mass is 79.9. The van der Waals surface area contributed by atoms with Gasteiger partial charge in [-0.05, 0) is 61.4 Å². The molecule has 2 unspecified atom stereocenters. The molecule has 2 fully saturated rings. The second-order valence-electron chi connectivity index (χ2n) is 6.21. The average molecular weight is 362 g/mol. The summed E-state index contributed by atoms with van der Waals surface area (Å²) in [6, 6.07) is 0. The third-order valence-electron chi connectivity index (χ3n) is 4.79. The van der Waals surface area contributed by atoms with Gasteiger partial charge < -0.3 is 4.74 Å². The Bertz CT molecular complexity index is 500. The summed E-state index contributed by atoms with van der Waals surface area (Å²) < 4.78 is 9.30. The lowest BCUT2D eigenvalue weighted by molar-refractivity contribution is 0.0394. The number of nitrogens with zero attached hydrogens (tertiary/aromatic N) is 2. The van der Waals surface area contributed by atoms with Crippen molar-refractivity contribution in [2.24, 2.45) is 11.3 Å². The largest absolute Gasteiger partial charge is 0.377 e. The maximum atomic E-state index is 6.41. The zero-order valence-corrected chi connectivity index (χ0v) is 14.5. The molecule has 0 aromatic carbocycles. The highest BCUT2D eigenvalue weighted by Crippen LogP contribution is 2.50. The molecule has 1 aromatic heterocycles. The zero-order chi connectivity index (χ0) is 14.3. The van der Waals surface area contributed by atoms with Crippen molar-refractivity contribution in [1.29, 1.82) is 0 Å². The number of rotatable bonds is 5. The molecule has 0 radical (unpaired) electrons. The highest BCUT2D eigenvalue weighted by molar-refractivity contribution is 9.10. The molecule has 2 aliphatic rings. The molecular weight excluding hydrogens is 340 g/mol. The van der Waals surface area contributed by atoms with Gasteiger partial charge in [0.15, 0.2) is 0 Å². The van der Waals surface area contributed by atoms with E-state index in [-0.39, 0.29) is 5.41 Å². The minimum atomic E-state index is 0.0879. The Hall–Kier alpha value is -0.0600. The molecule has 1 saturated heterocycles. The molecule has 3 nitrogen and oxygen atoms in total. The second-order valence-corrected chi connectivity index (χ2v) is 7.27. The maximum absolute atomic E-state index is 6.41. The van der Waals surface area contributed by atoms with Crippen molar-refractivity contribution in [3.63, 3.8) is 0 Å². The summed E-state index contributed by atoms with van der Waals surface area (Å²) in [5.74, 6) is 1.41. The Balaban J connectivity index is 1.91.